The first kappa shape index (κ1) is 11.6. The predicted molar refractivity (Wildman–Crippen MR) is 64.1 cm³/mol. The van der Waals surface area contributed by atoms with Crippen LogP contribution in [0.2, 0.25) is 0 Å². The molecule has 0 aliphatic heterocycles. The number of carbonyl (C=O) groups is 1. The summed E-state index contributed by atoms with van der Waals surface area (Å²) in [5.74, 6) is 6.48. The van der Waals surface area contributed by atoms with Crippen LogP contribution in [-0.4, -0.2) is 28.5 Å². The monoisotopic (exact) mass is 236 g/mol. The Labute approximate surface area is 99.2 Å². The Balaban J connectivity index is 1.71. The maximum Gasteiger partial charge on any atom is 0.221 e. The summed E-state index contributed by atoms with van der Waals surface area (Å²) in [6.45, 7) is 0.541. The molecule has 1 amide bonds. The van der Waals surface area contributed by atoms with Crippen molar-refractivity contribution in [3.05, 3.63) is 12.4 Å². The number of nitrogen functional groups attached to an aromatic ring is 1. The van der Waals surface area contributed by atoms with Gasteiger partial charge in [0, 0.05) is 25.1 Å². The number of hydrogen-bond donors (Lipinski definition) is 4. The fraction of sp³-hybridized carbons (Fsp3) is 0.500. The Morgan fingerprint density at radius 1 is 1.41 bits per heavy atom. The van der Waals surface area contributed by atoms with Crippen molar-refractivity contribution in [1.29, 1.82) is 0 Å². The van der Waals surface area contributed by atoms with Crippen LogP contribution in [0, 0.1) is 0 Å². The van der Waals surface area contributed by atoms with Gasteiger partial charge in [-0.2, -0.15) is 0 Å². The zero-order valence-electron chi connectivity index (χ0n) is 9.44. The van der Waals surface area contributed by atoms with Crippen LogP contribution in [0.3, 0.4) is 0 Å². The van der Waals surface area contributed by atoms with Gasteiger partial charge in [0.1, 0.15) is 18.0 Å². The summed E-state index contributed by atoms with van der Waals surface area (Å²) in [5, 5.41) is 5.96. The molecule has 0 unspecified atom stereocenters. The lowest BCUT2D eigenvalue weighted by Crippen LogP contribution is -2.27. The van der Waals surface area contributed by atoms with Crippen LogP contribution in [-0.2, 0) is 4.79 Å². The second kappa shape index (κ2) is 5.44. The molecule has 2 rings (SSSR count). The number of hydrazine groups is 1. The van der Waals surface area contributed by atoms with Gasteiger partial charge in [0.2, 0.25) is 5.91 Å². The molecule has 0 saturated heterocycles. The summed E-state index contributed by atoms with van der Waals surface area (Å²) >= 11 is 0. The van der Waals surface area contributed by atoms with Gasteiger partial charge in [-0.3, -0.25) is 4.79 Å². The van der Waals surface area contributed by atoms with Crippen molar-refractivity contribution in [2.24, 2.45) is 5.84 Å². The molecule has 1 aliphatic carbocycles. The van der Waals surface area contributed by atoms with E-state index < -0.39 is 0 Å². The molecule has 0 aromatic carbocycles. The number of anilines is 2. The van der Waals surface area contributed by atoms with Crippen molar-refractivity contribution in [2.45, 2.75) is 25.3 Å². The van der Waals surface area contributed by atoms with Gasteiger partial charge in [-0.1, -0.05) is 0 Å². The summed E-state index contributed by atoms with van der Waals surface area (Å²) in [7, 11) is 0. The van der Waals surface area contributed by atoms with Gasteiger partial charge in [0.25, 0.3) is 0 Å². The van der Waals surface area contributed by atoms with Gasteiger partial charge < -0.3 is 16.1 Å². The SMILES string of the molecule is NNc1cc(NCCC(=O)NC2CC2)ncn1. The Morgan fingerprint density at radius 2 is 2.18 bits per heavy atom. The first-order chi connectivity index (χ1) is 8.28. The second-order valence-corrected chi connectivity index (χ2v) is 3.95. The molecule has 0 spiro atoms. The standard InChI is InChI=1S/C10H16N6O/c11-16-9-5-8(13-6-14-9)12-4-3-10(17)15-7-1-2-7/h5-7H,1-4,11H2,(H,15,17)(H2,12,13,14,16). The van der Waals surface area contributed by atoms with E-state index >= 15 is 0 Å². The van der Waals surface area contributed by atoms with Gasteiger partial charge in [-0.05, 0) is 12.8 Å². The molecule has 1 fully saturated rings. The second-order valence-electron chi connectivity index (χ2n) is 3.95. The number of nitrogens with one attached hydrogen (secondary N) is 3. The molecule has 1 aliphatic rings. The number of rotatable bonds is 6. The predicted octanol–water partition coefficient (Wildman–Crippen LogP) is -0.157. The Kier molecular flexibility index (Phi) is 3.71. The number of nitrogens with zero attached hydrogens (tertiary/aromatic N) is 2. The molecule has 1 saturated carbocycles. The highest BCUT2D eigenvalue weighted by atomic mass is 16.1. The van der Waals surface area contributed by atoms with Gasteiger partial charge in [-0.25, -0.2) is 15.8 Å². The minimum Gasteiger partial charge on any atom is -0.369 e. The van der Waals surface area contributed by atoms with E-state index in [0.29, 0.717) is 30.6 Å². The fourth-order valence-corrected chi connectivity index (χ4v) is 1.36. The van der Waals surface area contributed by atoms with Gasteiger partial charge in [0.05, 0.1) is 0 Å². The number of aromatic nitrogens is 2. The number of carbonyl (C=O) groups excluding carboxylic acids is 1. The summed E-state index contributed by atoms with van der Waals surface area (Å²) in [5.41, 5.74) is 2.43. The first-order valence-electron chi connectivity index (χ1n) is 5.60. The molecule has 1 aromatic rings. The smallest absolute Gasteiger partial charge is 0.221 e. The molecule has 92 valence electrons. The third-order valence-electron chi connectivity index (χ3n) is 2.42. The molecule has 7 nitrogen and oxygen atoms in total. The zero-order chi connectivity index (χ0) is 12.1. The van der Waals surface area contributed by atoms with Crippen LogP contribution in [0.25, 0.3) is 0 Å². The molecule has 17 heavy (non-hydrogen) atoms. The number of amides is 1. The molecule has 1 heterocycles. The van der Waals surface area contributed by atoms with Crippen molar-refractivity contribution in [3.63, 3.8) is 0 Å². The minimum atomic E-state index is 0.0752. The van der Waals surface area contributed by atoms with Gasteiger partial charge in [0.15, 0.2) is 0 Å². The van der Waals surface area contributed by atoms with Crippen LogP contribution in [0.1, 0.15) is 19.3 Å². The average molecular weight is 236 g/mol. The van der Waals surface area contributed by atoms with Crippen molar-refractivity contribution in [1.82, 2.24) is 15.3 Å². The van der Waals surface area contributed by atoms with Crippen molar-refractivity contribution in [3.8, 4) is 0 Å². The largest absolute Gasteiger partial charge is 0.369 e. The van der Waals surface area contributed by atoms with E-state index in [1.165, 1.54) is 6.33 Å². The lowest BCUT2D eigenvalue weighted by Gasteiger charge is -2.06. The molecular weight excluding hydrogens is 220 g/mol. The lowest BCUT2D eigenvalue weighted by molar-refractivity contribution is -0.120. The van der Waals surface area contributed by atoms with Crippen molar-refractivity contribution in [2.75, 3.05) is 17.3 Å². The van der Waals surface area contributed by atoms with E-state index in [2.05, 4.69) is 26.0 Å². The van der Waals surface area contributed by atoms with Gasteiger partial charge in [-0.15, -0.1) is 0 Å². The maximum absolute atomic E-state index is 11.4. The quantitative estimate of drug-likeness (QED) is 0.404. The van der Waals surface area contributed by atoms with E-state index in [0.717, 1.165) is 12.8 Å². The highest BCUT2D eigenvalue weighted by molar-refractivity contribution is 5.77. The number of nitrogens with two attached hydrogens (primary N) is 1. The molecule has 7 heteroatoms. The Bertz CT molecular complexity index is 392. The molecule has 0 atom stereocenters. The molecular formula is C10H16N6O. The third-order valence-corrected chi connectivity index (χ3v) is 2.42. The van der Waals surface area contributed by atoms with Crippen molar-refractivity contribution >= 4 is 17.5 Å². The average Bonchev–Trinajstić information content (AvgIpc) is 3.13. The van der Waals surface area contributed by atoms with Crippen molar-refractivity contribution < 1.29 is 4.79 Å². The van der Waals surface area contributed by atoms with E-state index in [1.807, 2.05) is 0 Å². The summed E-state index contributed by atoms with van der Waals surface area (Å²) in [4.78, 5) is 19.3. The lowest BCUT2D eigenvalue weighted by atomic mass is 10.4. The minimum absolute atomic E-state index is 0.0752. The molecule has 1 aromatic heterocycles. The Morgan fingerprint density at radius 3 is 2.88 bits per heavy atom. The highest BCUT2D eigenvalue weighted by Crippen LogP contribution is 2.18. The van der Waals surface area contributed by atoms with E-state index in [9.17, 15) is 4.79 Å². The number of hydrogen-bond acceptors (Lipinski definition) is 6. The van der Waals surface area contributed by atoms with E-state index in [4.69, 9.17) is 5.84 Å². The van der Waals surface area contributed by atoms with Crippen LogP contribution in [0.5, 0.6) is 0 Å². The third kappa shape index (κ3) is 3.87. The Hall–Kier alpha value is -1.89. The normalized spacial score (nSPS) is 14.2. The summed E-state index contributed by atoms with van der Waals surface area (Å²) in [6.07, 6.45) is 4.06. The van der Waals surface area contributed by atoms with Crippen LogP contribution in [0.15, 0.2) is 12.4 Å². The van der Waals surface area contributed by atoms with Crippen LogP contribution >= 0.6 is 0 Å². The highest BCUT2D eigenvalue weighted by Gasteiger charge is 2.22. The summed E-state index contributed by atoms with van der Waals surface area (Å²) < 4.78 is 0. The molecule has 5 N–H and O–H groups in total. The van der Waals surface area contributed by atoms with E-state index in [-0.39, 0.29) is 5.91 Å². The zero-order valence-corrected chi connectivity index (χ0v) is 9.44. The van der Waals surface area contributed by atoms with Gasteiger partial charge >= 0.3 is 0 Å². The molecule has 0 bridgehead atoms. The van der Waals surface area contributed by atoms with Crippen LogP contribution < -0.4 is 21.9 Å². The fourth-order valence-electron chi connectivity index (χ4n) is 1.36. The van der Waals surface area contributed by atoms with Crippen LogP contribution in [0.4, 0.5) is 11.6 Å². The summed E-state index contributed by atoms with van der Waals surface area (Å²) in [6, 6.07) is 2.09. The topological polar surface area (TPSA) is 105 Å². The molecule has 0 radical (unpaired) electrons. The maximum atomic E-state index is 11.4. The van der Waals surface area contributed by atoms with E-state index in [1.54, 1.807) is 6.07 Å². The first-order valence-corrected chi connectivity index (χ1v) is 5.60.